The summed E-state index contributed by atoms with van der Waals surface area (Å²) in [6.07, 6.45) is 3.50. The van der Waals surface area contributed by atoms with Crippen molar-refractivity contribution in [3.8, 4) is 0 Å². The van der Waals surface area contributed by atoms with E-state index in [0.29, 0.717) is 12.1 Å². The normalized spacial score (nSPS) is 11.8. The van der Waals surface area contributed by atoms with Gasteiger partial charge in [-0.25, -0.2) is 0 Å². The second-order valence-corrected chi connectivity index (χ2v) is 6.52. The smallest absolute Gasteiger partial charge is 0.251 e. The van der Waals surface area contributed by atoms with Gasteiger partial charge >= 0.3 is 0 Å². The van der Waals surface area contributed by atoms with Crippen LogP contribution < -0.4 is 10.6 Å². The Kier molecular flexibility index (Phi) is 7.06. The van der Waals surface area contributed by atoms with Crippen molar-refractivity contribution in [2.45, 2.75) is 32.2 Å². The third kappa shape index (κ3) is 6.20. The number of halogens is 1. The minimum atomic E-state index is -0.179. The predicted molar refractivity (Wildman–Crippen MR) is 95.7 cm³/mol. The highest BCUT2D eigenvalue weighted by molar-refractivity contribution is 9.10. The van der Waals surface area contributed by atoms with Crippen molar-refractivity contribution in [2.75, 3.05) is 6.54 Å². The first kappa shape index (κ1) is 18.3. The van der Waals surface area contributed by atoms with Crippen molar-refractivity contribution in [3.63, 3.8) is 0 Å². The van der Waals surface area contributed by atoms with Crippen LogP contribution in [0.25, 0.3) is 0 Å². The van der Waals surface area contributed by atoms with E-state index in [1.54, 1.807) is 18.4 Å². The van der Waals surface area contributed by atoms with E-state index in [4.69, 9.17) is 4.42 Å². The molecule has 0 saturated carbocycles. The van der Waals surface area contributed by atoms with Crippen molar-refractivity contribution in [1.29, 1.82) is 0 Å². The number of furan rings is 1. The van der Waals surface area contributed by atoms with Gasteiger partial charge in [-0.3, -0.25) is 9.59 Å². The average Bonchev–Trinajstić information content (AvgIpc) is 3.07. The third-order valence-electron chi connectivity index (χ3n) is 3.56. The highest BCUT2D eigenvalue weighted by Gasteiger charge is 2.10. The molecule has 2 aromatic rings. The number of benzene rings is 1. The number of amides is 2. The summed E-state index contributed by atoms with van der Waals surface area (Å²) in [7, 11) is 0. The fourth-order valence-corrected chi connectivity index (χ4v) is 2.49. The van der Waals surface area contributed by atoms with E-state index in [0.717, 1.165) is 23.1 Å². The lowest BCUT2D eigenvalue weighted by atomic mass is 10.1. The molecule has 128 valence electrons. The first-order valence-corrected chi connectivity index (χ1v) is 8.69. The lowest BCUT2D eigenvalue weighted by Gasteiger charge is -2.13. The Balaban J connectivity index is 1.63. The molecule has 6 heteroatoms. The zero-order chi connectivity index (χ0) is 17.4. The van der Waals surface area contributed by atoms with E-state index in [1.165, 1.54) is 0 Å². The molecule has 2 rings (SSSR count). The molecule has 0 bridgehead atoms. The summed E-state index contributed by atoms with van der Waals surface area (Å²) in [4.78, 5) is 23.8. The molecule has 5 nitrogen and oxygen atoms in total. The maximum Gasteiger partial charge on any atom is 0.251 e. The number of nitrogens with one attached hydrogen (secondary N) is 2. The minimum Gasteiger partial charge on any atom is -0.469 e. The van der Waals surface area contributed by atoms with Gasteiger partial charge < -0.3 is 15.1 Å². The van der Waals surface area contributed by atoms with E-state index in [1.807, 2.05) is 31.2 Å². The predicted octanol–water partition coefficient (Wildman–Crippen LogP) is 3.30. The molecule has 2 amide bonds. The molecule has 0 unspecified atom stereocenters. The van der Waals surface area contributed by atoms with Gasteiger partial charge in [0.15, 0.2) is 0 Å². The number of rotatable bonds is 8. The monoisotopic (exact) mass is 392 g/mol. The summed E-state index contributed by atoms with van der Waals surface area (Å²) in [6, 6.07) is 10.9. The van der Waals surface area contributed by atoms with E-state index in [-0.39, 0.29) is 24.3 Å². The van der Waals surface area contributed by atoms with Gasteiger partial charge in [-0.15, -0.1) is 0 Å². The molecule has 1 atom stereocenters. The summed E-state index contributed by atoms with van der Waals surface area (Å²) in [6.45, 7) is 2.27. The SMILES string of the molecule is C[C@H](CCc1ccco1)NC(=O)CCNC(=O)c1ccc(Br)cc1. The van der Waals surface area contributed by atoms with Crippen LogP contribution in [0.2, 0.25) is 0 Å². The Hall–Kier alpha value is -2.08. The lowest BCUT2D eigenvalue weighted by Crippen LogP contribution is -2.35. The summed E-state index contributed by atoms with van der Waals surface area (Å²) >= 11 is 3.32. The molecule has 0 aliphatic heterocycles. The number of carbonyl (C=O) groups is 2. The van der Waals surface area contributed by atoms with Crippen molar-refractivity contribution in [3.05, 3.63) is 58.5 Å². The van der Waals surface area contributed by atoms with Gasteiger partial charge in [0.1, 0.15) is 5.76 Å². The Morgan fingerprint density at radius 2 is 1.96 bits per heavy atom. The highest BCUT2D eigenvalue weighted by Crippen LogP contribution is 2.10. The quantitative estimate of drug-likeness (QED) is 0.723. The maximum absolute atomic E-state index is 11.9. The summed E-state index contributed by atoms with van der Waals surface area (Å²) < 4.78 is 6.18. The maximum atomic E-state index is 11.9. The van der Waals surface area contributed by atoms with E-state index in [9.17, 15) is 9.59 Å². The molecule has 0 radical (unpaired) electrons. The molecule has 2 N–H and O–H groups in total. The van der Waals surface area contributed by atoms with Crippen LogP contribution in [-0.4, -0.2) is 24.4 Å². The summed E-state index contributed by atoms with van der Waals surface area (Å²) in [5.74, 6) is 0.664. The van der Waals surface area contributed by atoms with Crippen LogP contribution in [0.3, 0.4) is 0 Å². The Morgan fingerprint density at radius 3 is 2.62 bits per heavy atom. The van der Waals surface area contributed by atoms with E-state index < -0.39 is 0 Å². The molecular formula is C18H21BrN2O3. The van der Waals surface area contributed by atoms with Crippen molar-refractivity contribution >= 4 is 27.7 Å². The number of aryl methyl sites for hydroxylation is 1. The third-order valence-corrected chi connectivity index (χ3v) is 4.08. The van der Waals surface area contributed by atoms with Crippen LogP contribution in [0.5, 0.6) is 0 Å². The first-order valence-electron chi connectivity index (χ1n) is 7.90. The molecule has 0 fully saturated rings. The molecule has 1 aromatic carbocycles. The van der Waals surface area contributed by atoms with Gasteiger partial charge in [-0.1, -0.05) is 15.9 Å². The molecule has 1 aromatic heterocycles. The van der Waals surface area contributed by atoms with Gasteiger partial charge in [0, 0.05) is 35.5 Å². The van der Waals surface area contributed by atoms with Crippen molar-refractivity contribution < 1.29 is 14.0 Å². The zero-order valence-corrected chi connectivity index (χ0v) is 15.1. The topological polar surface area (TPSA) is 71.3 Å². The van der Waals surface area contributed by atoms with E-state index >= 15 is 0 Å². The van der Waals surface area contributed by atoms with Gasteiger partial charge in [0.25, 0.3) is 5.91 Å². The standard InChI is InChI=1S/C18H21BrN2O3/c1-13(4-9-16-3-2-12-24-16)21-17(22)10-11-20-18(23)14-5-7-15(19)8-6-14/h2-3,5-8,12-13H,4,9-11H2,1H3,(H,20,23)(H,21,22)/t13-/m1/s1. The van der Waals surface area contributed by atoms with Gasteiger partial charge in [-0.2, -0.15) is 0 Å². The van der Waals surface area contributed by atoms with Crippen LogP contribution in [0, 0.1) is 0 Å². The largest absolute Gasteiger partial charge is 0.469 e. The van der Waals surface area contributed by atoms with Crippen LogP contribution in [-0.2, 0) is 11.2 Å². The van der Waals surface area contributed by atoms with Crippen molar-refractivity contribution in [1.82, 2.24) is 10.6 Å². The van der Waals surface area contributed by atoms with E-state index in [2.05, 4.69) is 26.6 Å². The summed E-state index contributed by atoms with van der Waals surface area (Å²) in [5, 5.41) is 5.67. The molecule has 1 heterocycles. The second kappa shape index (κ2) is 9.27. The van der Waals surface area contributed by atoms with Crippen LogP contribution in [0.1, 0.15) is 35.9 Å². The molecule has 0 spiro atoms. The lowest BCUT2D eigenvalue weighted by molar-refractivity contribution is -0.121. The van der Waals surface area contributed by atoms with Crippen molar-refractivity contribution in [2.24, 2.45) is 0 Å². The van der Waals surface area contributed by atoms with Crippen LogP contribution >= 0.6 is 15.9 Å². The minimum absolute atomic E-state index is 0.0600. The molecule has 24 heavy (non-hydrogen) atoms. The number of carbonyl (C=O) groups excluding carboxylic acids is 2. The second-order valence-electron chi connectivity index (χ2n) is 5.60. The molecular weight excluding hydrogens is 372 g/mol. The molecule has 0 aliphatic carbocycles. The van der Waals surface area contributed by atoms with Gasteiger partial charge in [0.05, 0.1) is 6.26 Å². The number of hydrogen-bond donors (Lipinski definition) is 2. The molecule has 0 saturated heterocycles. The summed E-state index contributed by atoms with van der Waals surface area (Å²) in [5.41, 5.74) is 0.574. The molecule has 0 aliphatic rings. The zero-order valence-electron chi connectivity index (χ0n) is 13.5. The van der Waals surface area contributed by atoms with Gasteiger partial charge in [0.2, 0.25) is 5.91 Å². The van der Waals surface area contributed by atoms with Crippen LogP contribution in [0.15, 0.2) is 51.6 Å². The Morgan fingerprint density at radius 1 is 1.21 bits per heavy atom. The fourth-order valence-electron chi connectivity index (χ4n) is 2.23. The Labute approximate surface area is 149 Å². The fraction of sp³-hybridized carbons (Fsp3) is 0.333. The van der Waals surface area contributed by atoms with Crippen LogP contribution in [0.4, 0.5) is 0 Å². The number of hydrogen-bond acceptors (Lipinski definition) is 3. The first-order chi connectivity index (χ1) is 11.5. The highest BCUT2D eigenvalue weighted by atomic mass is 79.9. The Bertz CT molecular complexity index is 653. The average molecular weight is 393 g/mol. The van der Waals surface area contributed by atoms with Gasteiger partial charge in [-0.05, 0) is 49.7 Å².